The molecule has 1 atom stereocenters. The van der Waals surface area contributed by atoms with Gasteiger partial charge >= 0.3 is 0 Å². The molecule has 1 amide bonds. The number of amides is 1. The first kappa shape index (κ1) is 17.2. The molecule has 0 aromatic carbocycles. The van der Waals surface area contributed by atoms with E-state index in [1.807, 2.05) is 12.1 Å². The number of piperidine rings is 1. The van der Waals surface area contributed by atoms with Crippen LogP contribution in [0.4, 0.5) is 6.01 Å². The van der Waals surface area contributed by atoms with Crippen molar-refractivity contribution in [3.63, 3.8) is 0 Å². The monoisotopic (exact) mass is 368 g/mol. The number of carbonyl (C=O) groups is 1. The van der Waals surface area contributed by atoms with Gasteiger partial charge in [0.25, 0.3) is 11.6 Å². The lowest BCUT2D eigenvalue weighted by atomic mass is 9.94. The first-order valence-corrected chi connectivity index (χ1v) is 8.94. The lowest BCUT2D eigenvalue weighted by molar-refractivity contribution is -0.122. The summed E-state index contributed by atoms with van der Waals surface area (Å²) in [4.78, 5) is 40.7. The third-order valence-electron chi connectivity index (χ3n) is 4.62. The van der Waals surface area contributed by atoms with Crippen molar-refractivity contribution in [3.8, 4) is 0 Å². The number of rotatable bonds is 5. The molecule has 1 fully saturated rings. The van der Waals surface area contributed by atoms with Gasteiger partial charge in [-0.15, -0.1) is 0 Å². The molecule has 9 heteroatoms. The number of fused-ring (bicyclic) bond motifs is 1. The predicted molar refractivity (Wildman–Crippen MR) is 98.1 cm³/mol. The molecule has 9 nitrogen and oxygen atoms in total. The third kappa shape index (κ3) is 4.13. The smallest absolute Gasteiger partial charge is 0.299 e. The molecule has 4 heterocycles. The fourth-order valence-electron chi connectivity index (χ4n) is 3.33. The molecule has 2 N–H and O–H groups in total. The van der Waals surface area contributed by atoms with Crippen LogP contribution in [0.15, 0.2) is 39.9 Å². The van der Waals surface area contributed by atoms with Gasteiger partial charge in [-0.1, -0.05) is 0 Å². The average molecular weight is 368 g/mol. The van der Waals surface area contributed by atoms with Crippen LogP contribution in [-0.4, -0.2) is 38.9 Å². The Hall–Kier alpha value is -3.23. The molecule has 0 spiro atoms. The third-order valence-corrected chi connectivity index (χ3v) is 4.62. The number of hydrogen-bond donors (Lipinski definition) is 2. The Labute approximate surface area is 154 Å². The minimum absolute atomic E-state index is 0.0526. The van der Waals surface area contributed by atoms with Gasteiger partial charge in [0.15, 0.2) is 5.58 Å². The highest BCUT2D eigenvalue weighted by atomic mass is 16.4. The van der Waals surface area contributed by atoms with Gasteiger partial charge in [0.05, 0.1) is 18.6 Å². The highest BCUT2D eigenvalue weighted by Gasteiger charge is 2.25. The Balaban J connectivity index is 1.34. The maximum atomic E-state index is 12.3. The van der Waals surface area contributed by atoms with Crippen molar-refractivity contribution in [1.29, 1.82) is 0 Å². The van der Waals surface area contributed by atoms with Gasteiger partial charge < -0.3 is 19.6 Å². The van der Waals surface area contributed by atoms with Crippen molar-refractivity contribution in [2.45, 2.75) is 25.8 Å². The quantitative estimate of drug-likeness (QED) is 0.695. The van der Waals surface area contributed by atoms with E-state index in [4.69, 9.17) is 4.42 Å². The minimum Gasteiger partial charge on any atom is -0.422 e. The summed E-state index contributed by atoms with van der Waals surface area (Å²) in [7, 11) is 0. The molecular weight excluding hydrogens is 348 g/mol. The lowest BCUT2D eigenvalue weighted by Gasteiger charge is -2.31. The van der Waals surface area contributed by atoms with Crippen molar-refractivity contribution >= 4 is 23.2 Å². The summed E-state index contributed by atoms with van der Waals surface area (Å²) in [6, 6.07) is 5.60. The van der Waals surface area contributed by atoms with Crippen molar-refractivity contribution < 1.29 is 9.21 Å². The largest absolute Gasteiger partial charge is 0.422 e. The van der Waals surface area contributed by atoms with E-state index in [0.29, 0.717) is 35.9 Å². The van der Waals surface area contributed by atoms with Gasteiger partial charge in [0, 0.05) is 31.8 Å². The molecule has 1 aliphatic rings. The van der Waals surface area contributed by atoms with Crippen LogP contribution in [0.25, 0.3) is 11.2 Å². The van der Waals surface area contributed by atoms with E-state index in [9.17, 15) is 9.59 Å². The van der Waals surface area contributed by atoms with Crippen LogP contribution in [0.3, 0.4) is 0 Å². The van der Waals surface area contributed by atoms with E-state index < -0.39 is 0 Å². The molecule has 3 aromatic rings. The Kier molecular flexibility index (Phi) is 4.82. The van der Waals surface area contributed by atoms with Crippen molar-refractivity contribution in [1.82, 2.24) is 25.3 Å². The second kappa shape index (κ2) is 7.56. The van der Waals surface area contributed by atoms with E-state index in [2.05, 4.69) is 30.2 Å². The Morgan fingerprint density at radius 2 is 2.33 bits per heavy atom. The molecule has 1 unspecified atom stereocenters. The Morgan fingerprint density at radius 1 is 1.41 bits per heavy atom. The molecule has 140 valence electrons. The zero-order chi connectivity index (χ0) is 18.6. The first-order valence-electron chi connectivity index (χ1n) is 8.94. The summed E-state index contributed by atoms with van der Waals surface area (Å²) in [5, 5.41) is 2.83. The van der Waals surface area contributed by atoms with Crippen molar-refractivity contribution in [2.75, 3.05) is 18.0 Å². The van der Waals surface area contributed by atoms with Gasteiger partial charge in [-0.2, -0.15) is 4.98 Å². The fourth-order valence-corrected chi connectivity index (χ4v) is 3.33. The first-order chi connectivity index (χ1) is 13.2. The van der Waals surface area contributed by atoms with Gasteiger partial charge in [0.2, 0.25) is 11.6 Å². The number of nitrogens with one attached hydrogen (secondary N) is 2. The molecule has 0 bridgehead atoms. The maximum absolute atomic E-state index is 12.3. The topological polar surface area (TPSA) is 117 Å². The fraction of sp³-hybridized carbons (Fsp3) is 0.389. The summed E-state index contributed by atoms with van der Waals surface area (Å²) in [6.07, 6.45) is 5.38. The van der Waals surface area contributed by atoms with E-state index in [0.717, 1.165) is 19.4 Å². The number of pyridine rings is 1. The Bertz CT molecular complexity index is 965. The molecular formula is C18H20N6O3. The molecule has 27 heavy (non-hydrogen) atoms. The van der Waals surface area contributed by atoms with Crippen LogP contribution in [0.1, 0.15) is 25.0 Å². The summed E-state index contributed by atoms with van der Waals surface area (Å²) in [5.41, 5.74) is 1.57. The van der Waals surface area contributed by atoms with Crippen LogP contribution in [-0.2, 0) is 11.3 Å². The van der Waals surface area contributed by atoms with Crippen LogP contribution >= 0.6 is 0 Å². The normalized spacial score (nSPS) is 17.2. The zero-order valence-electron chi connectivity index (χ0n) is 14.7. The highest BCUT2D eigenvalue weighted by molar-refractivity contribution is 5.76. The SMILES string of the molecule is O=C(CC1CCCN(c2nc3ncccc3o2)C1)NCc1cc(=O)[nH]cn1. The molecule has 1 saturated heterocycles. The molecule has 1 aliphatic heterocycles. The number of aromatic nitrogens is 4. The van der Waals surface area contributed by atoms with Crippen LogP contribution < -0.4 is 15.8 Å². The summed E-state index contributed by atoms with van der Waals surface area (Å²) < 4.78 is 5.79. The second-order valence-electron chi connectivity index (χ2n) is 6.66. The van der Waals surface area contributed by atoms with Gasteiger partial charge in [-0.05, 0) is 30.9 Å². The van der Waals surface area contributed by atoms with E-state index in [1.165, 1.54) is 12.4 Å². The number of carbonyl (C=O) groups excluding carboxylic acids is 1. The van der Waals surface area contributed by atoms with Gasteiger partial charge in [0.1, 0.15) is 0 Å². The minimum atomic E-state index is -0.231. The number of oxazole rings is 1. The molecule has 3 aromatic heterocycles. The zero-order valence-corrected chi connectivity index (χ0v) is 14.7. The second-order valence-corrected chi connectivity index (χ2v) is 6.66. The Morgan fingerprint density at radius 3 is 3.19 bits per heavy atom. The summed E-state index contributed by atoms with van der Waals surface area (Å²) in [6.45, 7) is 1.81. The van der Waals surface area contributed by atoms with Gasteiger partial charge in [-0.3, -0.25) is 9.59 Å². The molecule has 0 radical (unpaired) electrons. The lowest BCUT2D eigenvalue weighted by Crippen LogP contribution is -2.38. The van der Waals surface area contributed by atoms with E-state index in [-0.39, 0.29) is 23.9 Å². The number of H-pyrrole nitrogens is 1. The van der Waals surface area contributed by atoms with Crippen molar-refractivity contribution in [3.05, 3.63) is 46.8 Å². The van der Waals surface area contributed by atoms with Crippen LogP contribution in [0.2, 0.25) is 0 Å². The van der Waals surface area contributed by atoms with Crippen LogP contribution in [0.5, 0.6) is 0 Å². The average Bonchev–Trinajstić information content (AvgIpc) is 3.11. The van der Waals surface area contributed by atoms with Crippen LogP contribution in [0, 0.1) is 5.92 Å². The standard InChI is InChI=1S/C18H20N6O3/c25-15(20-9-13-8-16(26)22-11-21-13)7-12-3-2-6-24(10-12)18-23-17-14(27-18)4-1-5-19-17/h1,4-5,8,11-12H,2-3,6-7,9-10H2,(H,20,25)(H,21,22,26). The van der Waals surface area contributed by atoms with Gasteiger partial charge in [-0.25, -0.2) is 9.97 Å². The highest BCUT2D eigenvalue weighted by Crippen LogP contribution is 2.26. The molecule has 4 rings (SSSR count). The maximum Gasteiger partial charge on any atom is 0.299 e. The number of aromatic amines is 1. The number of hydrogen-bond acceptors (Lipinski definition) is 7. The summed E-state index contributed by atoms with van der Waals surface area (Å²) in [5.74, 6) is 0.164. The molecule has 0 saturated carbocycles. The van der Waals surface area contributed by atoms with E-state index in [1.54, 1.807) is 6.20 Å². The predicted octanol–water partition coefficient (Wildman–Crippen LogP) is 1.23. The summed E-state index contributed by atoms with van der Waals surface area (Å²) >= 11 is 0. The van der Waals surface area contributed by atoms with E-state index >= 15 is 0 Å². The number of nitrogens with zero attached hydrogens (tertiary/aromatic N) is 4. The molecule has 0 aliphatic carbocycles. The van der Waals surface area contributed by atoms with Crippen molar-refractivity contribution in [2.24, 2.45) is 5.92 Å². The number of anilines is 1.